The molecule has 0 atom stereocenters. The lowest BCUT2D eigenvalue weighted by Gasteiger charge is -2.17. The summed E-state index contributed by atoms with van der Waals surface area (Å²) >= 11 is 3.44. The maximum absolute atomic E-state index is 12.8. The highest BCUT2D eigenvalue weighted by atomic mass is 79.9. The van der Waals surface area contributed by atoms with E-state index in [0.717, 1.165) is 15.6 Å². The van der Waals surface area contributed by atoms with Gasteiger partial charge >= 0.3 is 0 Å². The zero-order valence-corrected chi connectivity index (χ0v) is 19.9. The molecule has 0 bridgehead atoms. The molecule has 166 valence electrons. The first-order valence-corrected chi connectivity index (χ1v) is 11.5. The van der Waals surface area contributed by atoms with Crippen LogP contribution in [0.5, 0.6) is 11.5 Å². The summed E-state index contributed by atoms with van der Waals surface area (Å²) in [5.74, 6) is 0.689. The summed E-state index contributed by atoms with van der Waals surface area (Å²) in [6.07, 6.45) is 3.98. The third-order valence-corrected chi connectivity index (χ3v) is 5.86. The Kier molecular flexibility index (Phi) is 6.90. The van der Waals surface area contributed by atoms with Gasteiger partial charge in [0, 0.05) is 21.2 Å². The summed E-state index contributed by atoms with van der Waals surface area (Å²) in [5, 5.41) is 0. The van der Waals surface area contributed by atoms with Crippen molar-refractivity contribution in [2.24, 2.45) is 0 Å². The topological polar surface area (TPSA) is 52.6 Å². The average molecular weight is 503 g/mol. The van der Waals surface area contributed by atoms with E-state index in [1.165, 1.54) is 0 Å². The molecule has 0 aliphatic heterocycles. The van der Waals surface area contributed by atoms with Gasteiger partial charge in [-0.2, -0.15) is 0 Å². The minimum Gasteiger partial charge on any atom is -0.490 e. The normalized spacial score (nSPS) is 12.5. The summed E-state index contributed by atoms with van der Waals surface area (Å²) < 4.78 is 13.1. The van der Waals surface area contributed by atoms with E-state index in [1.54, 1.807) is 36.4 Å². The number of hydrogen-bond acceptors (Lipinski definition) is 4. The molecule has 0 fully saturated rings. The maximum Gasteiger partial charge on any atom is 0.197 e. The van der Waals surface area contributed by atoms with E-state index in [1.807, 2.05) is 43.3 Å². The van der Waals surface area contributed by atoms with Crippen LogP contribution < -0.4 is 9.47 Å². The van der Waals surface area contributed by atoms with Gasteiger partial charge in [0.05, 0.1) is 12.2 Å². The van der Waals surface area contributed by atoms with Crippen LogP contribution in [0.15, 0.2) is 83.4 Å². The largest absolute Gasteiger partial charge is 0.490 e. The van der Waals surface area contributed by atoms with Crippen molar-refractivity contribution in [2.75, 3.05) is 6.61 Å². The highest BCUT2D eigenvalue weighted by molar-refractivity contribution is 9.10. The first-order valence-electron chi connectivity index (χ1n) is 10.7. The van der Waals surface area contributed by atoms with Gasteiger partial charge in [0.2, 0.25) is 0 Å². The lowest BCUT2D eigenvalue weighted by Crippen LogP contribution is -2.04. The van der Waals surface area contributed by atoms with Gasteiger partial charge in [0.25, 0.3) is 0 Å². The SMILES string of the molecule is C=CCc1cc(C=C2C(=O)c3ccccc3C2=O)cc(OCC)c1OCc1ccc(Br)cc1. The summed E-state index contributed by atoms with van der Waals surface area (Å²) in [5.41, 5.74) is 3.65. The number of hydrogen-bond donors (Lipinski definition) is 0. The number of Topliss-reactive ketones (excluding diaryl/α,β-unsaturated/α-hetero) is 2. The third kappa shape index (κ3) is 4.83. The average Bonchev–Trinajstić information content (AvgIpc) is 3.05. The summed E-state index contributed by atoms with van der Waals surface area (Å²) in [7, 11) is 0. The second kappa shape index (κ2) is 10.0. The summed E-state index contributed by atoms with van der Waals surface area (Å²) in [6, 6.07) is 18.5. The Balaban J connectivity index is 1.71. The van der Waals surface area contributed by atoms with Gasteiger partial charge in [-0.05, 0) is 54.8 Å². The van der Waals surface area contributed by atoms with Crippen molar-refractivity contribution in [3.8, 4) is 11.5 Å². The molecule has 0 heterocycles. The molecule has 0 unspecified atom stereocenters. The van der Waals surface area contributed by atoms with Crippen molar-refractivity contribution in [1.82, 2.24) is 0 Å². The molecule has 33 heavy (non-hydrogen) atoms. The zero-order valence-electron chi connectivity index (χ0n) is 18.3. The number of halogens is 1. The van der Waals surface area contributed by atoms with Crippen molar-refractivity contribution >= 4 is 33.6 Å². The van der Waals surface area contributed by atoms with Crippen LogP contribution in [0.25, 0.3) is 6.08 Å². The molecule has 0 saturated heterocycles. The molecule has 4 nitrogen and oxygen atoms in total. The van der Waals surface area contributed by atoms with Crippen LogP contribution in [0.3, 0.4) is 0 Å². The molecule has 3 aromatic rings. The fourth-order valence-corrected chi connectivity index (χ4v) is 4.07. The Morgan fingerprint density at radius 1 is 0.939 bits per heavy atom. The van der Waals surface area contributed by atoms with E-state index in [9.17, 15) is 9.59 Å². The van der Waals surface area contributed by atoms with Gasteiger partial charge in [-0.1, -0.05) is 58.4 Å². The molecule has 0 N–H and O–H groups in total. The molecule has 0 aromatic heterocycles. The van der Waals surface area contributed by atoms with Crippen LogP contribution in [-0.2, 0) is 13.0 Å². The van der Waals surface area contributed by atoms with Crippen LogP contribution >= 0.6 is 15.9 Å². The monoisotopic (exact) mass is 502 g/mol. The molecule has 0 amide bonds. The number of ether oxygens (including phenoxy) is 2. The van der Waals surface area contributed by atoms with Crippen molar-refractivity contribution in [3.05, 3.63) is 111 Å². The lowest BCUT2D eigenvalue weighted by molar-refractivity contribution is 0.0990. The Hall–Kier alpha value is -3.44. The fraction of sp³-hybridized carbons (Fsp3) is 0.143. The van der Waals surface area contributed by atoms with Gasteiger partial charge in [-0.15, -0.1) is 6.58 Å². The smallest absolute Gasteiger partial charge is 0.197 e. The standard InChI is InChI=1S/C28H23BrO4/c1-3-7-20-14-19(15-24-26(30)22-8-5-6-9-23(22)27(24)31)16-25(32-4-2)28(20)33-17-18-10-12-21(29)13-11-18/h3,5-6,8-16H,1,4,7,17H2,2H3. The Bertz CT molecular complexity index is 1220. The molecule has 5 heteroatoms. The number of rotatable bonds is 8. The lowest BCUT2D eigenvalue weighted by atomic mass is 10.0. The highest BCUT2D eigenvalue weighted by Crippen LogP contribution is 2.36. The second-order valence-corrected chi connectivity index (χ2v) is 8.53. The predicted molar refractivity (Wildman–Crippen MR) is 133 cm³/mol. The van der Waals surface area contributed by atoms with Crippen molar-refractivity contribution in [3.63, 3.8) is 0 Å². The number of ketones is 2. The van der Waals surface area contributed by atoms with E-state index in [-0.39, 0.29) is 17.1 Å². The molecule has 3 aromatic carbocycles. The van der Waals surface area contributed by atoms with Crippen LogP contribution in [0, 0.1) is 0 Å². The number of benzene rings is 3. The van der Waals surface area contributed by atoms with Crippen LogP contribution in [0.1, 0.15) is 44.3 Å². The molecule has 0 saturated carbocycles. The van der Waals surface area contributed by atoms with E-state index in [4.69, 9.17) is 9.47 Å². The zero-order chi connectivity index (χ0) is 23.4. The predicted octanol–water partition coefficient (Wildman–Crippen LogP) is 6.62. The van der Waals surface area contributed by atoms with E-state index in [0.29, 0.717) is 47.8 Å². The molecular weight excluding hydrogens is 480 g/mol. The maximum atomic E-state index is 12.8. The molecule has 0 radical (unpaired) electrons. The van der Waals surface area contributed by atoms with Crippen LogP contribution in [0.4, 0.5) is 0 Å². The van der Waals surface area contributed by atoms with Crippen LogP contribution in [-0.4, -0.2) is 18.2 Å². The molecule has 1 aliphatic rings. The minimum atomic E-state index is -0.255. The quantitative estimate of drug-likeness (QED) is 0.197. The Labute approximate surface area is 201 Å². The summed E-state index contributed by atoms with van der Waals surface area (Å²) in [4.78, 5) is 25.6. The highest BCUT2D eigenvalue weighted by Gasteiger charge is 2.32. The molecule has 1 aliphatic carbocycles. The Morgan fingerprint density at radius 2 is 1.61 bits per heavy atom. The van der Waals surface area contributed by atoms with E-state index >= 15 is 0 Å². The second-order valence-electron chi connectivity index (χ2n) is 7.61. The van der Waals surface area contributed by atoms with Gasteiger partial charge < -0.3 is 9.47 Å². The number of carbonyl (C=O) groups is 2. The van der Waals surface area contributed by atoms with Gasteiger partial charge in [-0.25, -0.2) is 0 Å². The summed E-state index contributed by atoms with van der Waals surface area (Å²) in [6.45, 7) is 6.59. The van der Waals surface area contributed by atoms with E-state index in [2.05, 4.69) is 22.5 Å². The first kappa shape index (κ1) is 22.7. The number of allylic oxidation sites excluding steroid dienone is 2. The Morgan fingerprint density at radius 3 is 2.21 bits per heavy atom. The fourth-order valence-electron chi connectivity index (χ4n) is 3.81. The first-order chi connectivity index (χ1) is 16.0. The van der Waals surface area contributed by atoms with Gasteiger partial charge in [0.15, 0.2) is 23.1 Å². The molecule has 4 rings (SSSR count). The van der Waals surface area contributed by atoms with Gasteiger partial charge in [0.1, 0.15) is 6.61 Å². The third-order valence-electron chi connectivity index (χ3n) is 5.33. The van der Waals surface area contributed by atoms with Gasteiger partial charge in [-0.3, -0.25) is 9.59 Å². The van der Waals surface area contributed by atoms with Crippen molar-refractivity contribution in [1.29, 1.82) is 0 Å². The molecular formula is C28H23BrO4. The number of carbonyl (C=O) groups excluding carboxylic acids is 2. The van der Waals surface area contributed by atoms with Crippen molar-refractivity contribution < 1.29 is 19.1 Å². The minimum absolute atomic E-state index is 0.159. The van der Waals surface area contributed by atoms with Crippen LogP contribution in [0.2, 0.25) is 0 Å². The number of fused-ring (bicyclic) bond motifs is 1. The van der Waals surface area contributed by atoms with E-state index < -0.39 is 0 Å². The van der Waals surface area contributed by atoms with Crippen molar-refractivity contribution in [2.45, 2.75) is 20.0 Å². The molecule has 0 spiro atoms.